The number of benzene rings is 3. The van der Waals surface area contributed by atoms with E-state index >= 15 is 0 Å². The first kappa shape index (κ1) is 19.0. The van der Waals surface area contributed by atoms with Crippen LogP contribution in [-0.2, 0) is 6.42 Å². The van der Waals surface area contributed by atoms with Gasteiger partial charge in [-0.1, -0.05) is 48.0 Å². The fourth-order valence-electron chi connectivity index (χ4n) is 3.36. The van der Waals surface area contributed by atoms with Crippen LogP contribution in [-0.4, -0.2) is 20.9 Å². The van der Waals surface area contributed by atoms with Crippen molar-refractivity contribution in [1.82, 2.24) is 9.78 Å². The second-order valence-electron chi connectivity index (χ2n) is 6.91. The molecule has 4 aromatic rings. The van der Waals surface area contributed by atoms with Crippen LogP contribution in [0.15, 0.2) is 78.9 Å². The Labute approximate surface area is 174 Å². The lowest BCUT2D eigenvalue weighted by molar-refractivity contribution is 0.0696. The van der Waals surface area contributed by atoms with Crippen LogP contribution in [0.2, 0.25) is 5.02 Å². The van der Waals surface area contributed by atoms with Gasteiger partial charge in [0, 0.05) is 17.0 Å². The van der Waals surface area contributed by atoms with Gasteiger partial charge in [-0.15, -0.1) is 0 Å². The Bertz CT molecular complexity index is 1170. The Morgan fingerprint density at radius 1 is 1.00 bits per heavy atom. The summed E-state index contributed by atoms with van der Waals surface area (Å²) in [5.41, 5.74) is 5.86. The molecule has 0 fully saturated rings. The second kappa shape index (κ2) is 7.94. The zero-order chi connectivity index (χ0) is 20.4. The number of carbonyl (C=O) groups is 1. The Balaban J connectivity index is 1.79. The Kier molecular flexibility index (Phi) is 5.19. The zero-order valence-corrected chi connectivity index (χ0v) is 16.6. The highest BCUT2D eigenvalue weighted by molar-refractivity contribution is 6.30. The van der Waals surface area contributed by atoms with Gasteiger partial charge in [0.05, 0.1) is 22.6 Å². The molecule has 0 amide bonds. The van der Waals surface area contributed by atoms with Gasteiger partial charge in [0.15, 0.2) is 0 Å². The van der Waals surface area contributed by atoms with E-state index in [4.69, 9.17) is 16.7 Å². The normalized spacial score (nSPS) is 10.8. The Morgan fingerprint density at radius 2 is 1.72 bits per heavy atom. The first-order valence-corrected chi connectivity index (χ1v) is 9.62. The maximum Gasteiger partial charge on any atom is 0.335 e. The molecule has 29 heavy (non-hydrogen) atoms. The summed E-state index contributed by atoms with van der Waals surface area (Å²) >= 11 is 5.99. The second-order valence-corrected chi connectivity index (χ2v) is 7.34. The highest BCUT2D eigenvalue weighted by Gasteiger charge is 2.15. The topological polar surface area (TPSA) is 55.1 Å². The molecular formula is C24H19ClN2O2. The van der Waals surface area contributed by atoms with Gasteiger partial charge >= 0.3 is 5.97 Å². The van der Waals surface area contributed by atoms with E-state index in [0.29, 0.717) is 17.0 Å². The summed E-state index contributed by atoms with van der Waals surface area (Å²) in [5.74, 6) is -0.922. The number of hydrogen-bond acceptors (Lipinski definition) is 2. The summed E-state index contributed by atoms with van der Waals surface area (Å²) in [7, 11) is 0. The average Bonchev–Trinajstić information content (AvgIpc) is 3.14. The Morgan fingerprint density at radius 3 is 2.38 bits per heavy atom. The highest BCUT2D eigenvalue weighted by atomic mass is 35.5. The van der Waals surface area contributed by atoms with Gasteiger partial charge in [-0.05, 0) is 60.5 Å². The number of rotatable bonds is 5. The van der Waals surface area contributed by atoms with Gasteiger partial charge in [-0.2, -0.15) is 5.10 Å². The third kappa shape index (κ3) is 4.08. The molecule has 4 nitrogen and oxygen atoms in total. The number of aromatic nitrogens is 2. The van der Waals surface area contributed by atoms with Crippen LogP contribution in [0, 0.1) is 6.92 Å². The summed E-state index contributed by atoms with van der Waals surface area (Å²) in [6, 6.07) is 25.1. The predicted molar refractivity (Wildman–Crippen MR) is 115 cm³/mol. The molecule has 0 aliphatic rings. The number of nitrogens with zero attached hydrogens (tertiary/aromatic N) is 2. The molecule has 0 saturated heterocycles. The first-order chi connectivity index (χ1) is 14.0. The molecule has 144 valence electrons. The summed E-state index contributed by atoms with van der Waals surface area (Å²) in [6.45, 7) is 1.81. The number of aryl methyl sites for hydroxylation is 1. The number of aromatic carboxylic acids is 1. The largest absolute Gasteiger partial charge is 0.478 e. The predicted octanol–water partition coefficient (Wildman–Crippen LogP) is 5.79. The third-order valence-electron chi connectivity index (χ3n) is 4.81. The minimum Gasteiger partial charge on any atom is -0.478 e. The highest BCUT2D eigenvalue weighted by Crippen LogP contribution is 2.27. The van der Waals surface area contributed by atoms with Crippen molar-refractivity contribution in [3.63, 3.8) is 0 Å². The van der Waals surface area contributed by atoms with Crippen molar-refractivity contribution in [1.29, 1.82) is 0 Å². The van der Waals surface area contributed by atoms with E-state index in [2.05, 4.69) is 6.07 Å². The number of para-hydroxylation sites is 1. The molecule has 0 unspecified atom stereocenters. The zero-order valence-electron chi connectivity index (χ0n) is 15.8. The van der Waals surface area contributed by atoms with Gasteiger partial charge < -0.3 is 5.11 Å². The van der Waals surface area contributed by atoms with E-state index < -0.39 is 5.97 Å². The molecule has 0 bridgehead atoms. The number of carboxylic acids is 1. The van der Waals surface area contributed by atoms with Crippen LogP contribution in [0.25, 0.3) is 16.9 Å². The maximum absolute atomic E-state index is 11.4. The van der Waals surface area contributed by atoms with Gasteiger partial charge in [-0.25, -0.2) is 9.48 Å². The molecule has 0 saturated carbocycles. The van der Waals surface area contributed by atoms with Crippen LogP contribution in [0.4, 0.5) is 0 Å². The third-order valence-corrected chi connectivity index (χ3v) is 5.06. The first-order valence-electron chi connectivity index (χ1n) is 9.24. The van der Waals surface area contributed by atoms with Crippen LogP contribution < -0.4 is 0 Å². The van der Waals surface area contributed by atoms with Crippen molar-refractivity contribution < 1.29 is 9.90 Å². The minimum atomic E-state index is -0.922. The van der Waals surface area contributed by atoms with Gasteiger partial charge in [-0.3, -0.25) is 0 Å². The van der Waals surface area contributed by atoms with E-state index in [-0.39, 0.29) is 0 Å². The molecule has 1 heterocycles. The molecule has 0 aliphatic carbocycles. The molecule has 5 heteroatoms. The van der Waals surface area contributed by atoms with Crippen molar-refractivity contribution in [2.45, 2.75) is 13.3 Å². The summed E-state index contributed by atoms with van der Waals surface area (Å²) < 4.78 is 1.90. The molecule has 1 N–H and O–H groups in total. The van der Waals surface area contributed by atoms with Crippen LogP contribution in [0.5, 0.6) is 0 Å². The van der Waals surface area contributed by atoms with Crippen LogP contribution in [0.3, 0.4) is 0 Å². The van der Waals surface area contributed by atoms with Crippen LogP contribution in [0.1, 0.15) is 27.2 Å². The fourth-order valence-corrected chi connectivity index (χ4v) is 3.49. The lowest BCUT2D eigenvalue weighted by Crippen LogP contribution is -2.02. The van der Waals surface area contributed by atoms with Crippen LogP contribution >= 0.6 is 11.6 Å². The van der Waals surface area contributed by atoms with E-state index in [1.54, 1.807) is 6.07 Å². The summed E-state index contributed by atoms with van der Waals surface area (Å²) in [4.78, 5) is 11.4. The van der Waals surface area contributed by atoms with Crippen molar-refractivity contribution >= 4 is 17.6 Å². The standard InChI is InChI=1S/C24H19ClN2O2/c1-16-13-18(9-12-22(16)24(28)29)23-15-20(14-17-7-10-19(25)11-8-17)26-27(23)21-5-3-2-4-6-21/h2-13,15H,14H2,1H3,(H,28,29). The number of carboxylic acid groups (broad SMARTS) is 1. The lowest BCUT2D eigenvalue weighted by atomic mass is 10.0. The monoisotopic (exact) mass is 402 g/mol. The fraction of sp³-hybridized carbons (Fsp3) is 0.0833. The van der Waals surface area contributed by atoms with Crippen molar-refractivity contribution in [3.05, 3.63) is 106 Å². The maximum atomic E-state index is 11.4. The van der Waals surface area contributed by atoms with Gasteiger partial charge in [0.2, 0.25) is 0 Å². The van der Waals surface area contributed by atoms with E-state index in [1.165, 1.54) is 0 Å². The van der Waals surface area contributed by atoms with E-state index in [0.717, 1.165) is 33.8 Å². The van der Waals surface area contributed by atoms with Crippen molar-refractivity contribution in [2.75, 3.05) is 0 Å². The summed E-state index contributed by atoms with van der Waals surface area (Å²) in [6.07, 6.45) is 0.677. The van der Waals surface area contributed by atoms with Gasteiger partial charge in [0.25, 0.3) is 0 Å². The average molecular weight is 403 g/mol. The SMILES string of the molecule is Cc1cc(-c2cc(Cc3ccc(Cl)cc3)nn2-c2ccccc2)ccc1C(=O)O. The van der Waals surface area contributed by atoms with Crippen molar-refractivity contribution in [2.24, 2.45) is 0 Å². The smallest absolute Gasteiger partial charge is 0.335 e. The van der Waals surface area contributed by atoms with Crippen molar-refractivity contribution in [3.8, 4) is 16.9 Å². The molecule has 1 aromatic heterocycles. The molecule has 3 aromatic carbocycles. The minimum absolute atomic E-state index is 0.306. The molecule has 0 atom stereocenters. The quantitative estimate of drug-likeness (QED) is 0.459. The molecular weight excluding hydrogens is 384 g/mol. The molecule has 0 spiro atoms. The summed E-state index contributed by atoms with van der Waals surface area (Å²) in [5, 5.41) is 14.9. The molecule has 0 aliphatic heterocycles. The molecule has 0 radical (unpaired) electrons. The number of halogens is 1. The number of hydrogen-bond donors (Lipinski definition) is 1. The van der Waals surface area contributed by atoms with E-state index in [9.17, 15) is 9.90 Å². The lowest BCUT2D eigenvalue weighted by Gasteiger charge is -2.09. The van der Waals surface area contributed by atoms with E-state index in [1.807, 2.05) is 78.3 Å². The molecule has 4 rings (SSSR count). The van der Waals surface area contributed by atoms with Gasteiger partial charge in [0.1, 0.15) is 0 Å². The Hall–Kier alpha value is -3.37.